The Labute approximate surface area is 145 Å². The zero-order chi connectivity index (χ0) is 16.4. The minimum Gasteiger partial charge on any atom is -0.294 e. The van der Waals surface area contributed by atoms with Gasteiger partial charge >= 0.3 is 0 Å². The second-order valence-electron chi connectivity index (χ2n) is 5.86. The maximum Gasteiger partial charge on any atom is 0.160 e. The van der Waals surface area contributed by atoms with Gasteiger partial charge in [-0.1, -0.05) is 17.7 Å². The van der Waals surface area contributed by atoms with Crippen molar-refractivity contribution in [2.45, 2.75) is 19.5 Å². The van der Waals surface area contributed by atoms with Crippen molar-refractivity contribution in [2.75, 3.05) is 6.54 Å². The average molecular weight is 338 g/mol. The van der Waals surface area contributed by atoms with Crippen LogP contribution in [0.25, 0.3) is 11.4 Å². The van der Waals surface area contributed by atoms with Crippen LogP contribution < -0.4 is 0 Å². The molecule has 1 aliphatic rings. The van der Waals surface area contributed by atoms with Crippen LogP contribution in [0.15, 0.2) is 49.1 Å². The topological polar surface area (TPSA) is 54.8 Å². The predicted molar refractivity (Wildman–Crippen MR) is 92.3 cm³/mol. The lowest BCUT2D eigenvalue weighted by molar-refractivity contribution is 0.242. The lowest BCUT2D eigenvalue weighted by Crippen LogP contribution is -2.31. The van der Waals surface area contributed by atoms with Crippen LogP contribution in [0.1, 0.15) is 16.8 Å². The summed E-state index contributed by atoms with van der Waals surface area (Å²) in [6.07, 6.45) is 8.25. The first kappa shape index (κ1) is 15.2. The number of hydrogen-bond donors (Lipinski definition) is 0. The molecule has 0 aromatic carbocycles. The highest BCUT2D eigenvalue weighted by atomic mass is 35.5. The van der Waals surface area contributed by atoms with E-state index in [1.54, 1.807) is 12.4 Å². The Bertz CT molecular complexity index is 836. The van der Waals surface area contributed by atoms with E-state index in [0.29, 0.717) is 5.15 Å². The van der Waals surface area contributed by atoms with Gasteiger partial charge in [0.15, 0.2) is 5.82 Å². The van der Waals surface area contributed by atoms with Gasteiger partial charge in [-0.05, 0) is 23.8 Å². The molecule has 3 aromatic heterocycles. The van der Waals surface area contributed by atoms with Crippen molar-refractivity contribution >= 4 is 11.6 Å². The van der Waals surface area contributed by atoms with Gasteiger partial charge < -0.3 is 0 Å². The normalized spacial score (nSPS) is 14.4. The van der Waals surface area contributed by atoms with Gasteiger partial charge in [0.2, 0.25) is 0 Å². The highest BCUT2D eigenvalue weighted by Gasteiger charge is 2.19. The minimum atomic E-state index is 0.527. The molecule has 0 fully saturated rings. The molecule has 0 aliphatic carbocycles. The number of fused-ring (bicyclic) bond motifs is 1. The zero-order valence-electron chi connectivity index (χ0n) is 13.1. The van der Waals surface area contributed by atoms with Gasteiger partial charge in [0, 0.05) is 62.0 Å². The maximum atomic E-state index is 5.84. The van der Waals surface area contributed by atoms with Crippen molar-refractivity contribution < 1.29 is 0 Å². The van der Waals surface area contributed by atoms with Crippen LogP contribution in [-0.4, -0.2) is 31.4 Å². The fourth-order valence-corrected chi connectivity index (χ4v) is 3.01. The van der Waals surface area contributed by atoms with Crippen molar-refractivity contribution in [3.63, 3.8) is 0 Å². The molecule has 0 atom stereocenters. The van der Waals surface area contributed by atoms with Crippen LogP contribution in [0.5, 0.6) is 0 Å². The highest BCUT2D eigenvalue weighted by Crippen LogP contribution is 2.21. The number of hydrogen-bond acceptors (Lipinski definition) is 5. The molecule has 120 valence electrons. The summed E-state index contributed by atoms with van der Waals surface area (Å²) in [7, 11) is 0. The molecule has 0 saturated heterocycles. The lowest BCUT2D eigenvalue weighted by atomic mass is 10.1. The molecule has 5 nitrogen and oxygen atoms in total. The van der Waals surface area contributed by atoms with Crippen molar-refractivity contribution in [3.8, 4) is 11.4 Å². The fraction of sp³-hybridized carbons (Fsp3) is 0.222. The SMILES string of the molecule is Clc1ccc(CN2CCc3nc(-c4cccnc4)ncc3C2)cn1. The molecule has 0 bridgehead atoms. The molecule has 24 heavy (non-hydrogen) atoms. The van der Waals surface area contributed by atoms with E-state index in [9.17, 15) is 0 Å². The van der Waals surface area contributed by atoms with E-state index in [-0.39, 0.29) is 0 Å². The molecule has 4 heterocycles. The predicted octanol–water partition coefficient (Wildman–Crippen LogP) is 3.15. The van der Waals surface area contributed by atoms with Crippen LogP contribution in [0.4, 0.5) is 0 Å². The molecule has 0 unspecified atom stereocenters. The van der Waals surface area contributed by atoms with Gasteiger partial charge in [0.25, 0.3) is 0 Å². The third-order valence-corrected chi connectivity index (χ3v) is 4.35. The van der Waals surface area contributed by atoms with Gasteiger partial charge in [0.05, 0.1) is 5.69 Å². The minimum absolute atomic E-state index is 0.527. The third kappa shape index (κ3) is 3.27. The summed E-state index contributed by atoms with van der Waals surface area (Å²) in [5.41, 5.74) is 4.44. The Morgan fingerprint density at radius 3 is 2.83 bits per heavy atom. The summed E-state index contributed by atoms with van der Waals surface area (Å²) in [4.78, 5) is 19.9. The summed E-state index contributed by atoms with van der Waals surface area (Å²) in [6.45, 7) is 2.68. The summed E-state index contributed by atoms with van der Waals surface area (Å²) in [5, 5.41) is 0.527. The third-order valence-electron chi connectivity index (χ3n) is 4.13. The number of rotatable bonds is 3. The van der Waals surface area contributed by atoms with Crippen molar-refractivity contribution in [1.82, 2.24) is 24.8 Å². The Kier molecular flexibility index (Phi) is 4.19. The molecular weight excluding hydrogens is 322 g/mol. The van der Waals surface area contributed by atoms with Gasteiger partial charge in [-0.2, -0.15) is 0 Å². The highest BCUT2D eigenvalue weighted by molar-refractivity contribution is 6.29. The van der Waals surface area contributed by atoms with E-state index in [1.807, 2.05) is 36.7 Å². The molecule has 6 heteroatoms. The first-order chi connectivity index (χ1) is 11.8. The average Bonchev–Trinajstić information content (AvgIpc) is 2.64. The number of aromatic nitrogens is 4. The fourth-order valence-electron chi connectivity index (χ4n) is 2.90. The quantitative estimate of drug-likeness (QED) is 0.687. The standard InChI is InChI=1S/C18H16ClN5/c19-17-4-3-13(8-21-17)11-24-7-5-16-15(12-24)10-22-18(23-16)14-2-1-6-20-9-14/h1-4,6,8-10H,5,7,11-12H2. The van der Waals surface area contributed by atoms with E-state index in [1.165, 1.54) is 5.56 Å². The van der Waals surface area contributed by atoms with Crippen molar-refractivity contribution in [3.05, 3.63) is 71.0 Å². The summed E-state index contributed by atoms with van der Waals surface area (Å²) >= 11 is 5.84. The Morgan fingerprint density at radius 2 is 2.04 bits per heavy atom. The smallest absolute Gasteiger partial charge is 0.160 e. The van der Waals surface area contributed by atoms with Gasteiger partial charge in [-0.25, -0.2) is 15.0 Å². The van der Waals surface area contributed by atoms with Gasteiger partial charge in [-0.15, -0.1) is 0 Å². The molecule has 4 rings (SSSR count). The van der Waals surface area contributed by atoms with Crippen LogP contribution in [0.3, 0.4) is 0 Å². The number of pyridine rings is 2. The molecule has 0 radical (unpaired) electrons. The molecule has 3 aromatic rings. The van der Waals surface area contributed by atoms with E-state index < -0.39 is 0 Å². The van der Waals surface area contributed by atoms with Crippen LogP contribution in [0.2, 0.25) is 5.15 Å². The van der Waals surface area contributed by atoms with Crippen molar-refractivity contribution in [2.24, 2.45) is 0 Å². The molecule has 0 saturated carbocycles. The first-order valence-electron chi connectivity index (χ1n) is 7.86. The summed E-state index contributed by atoms with van der Waals surface area (Å²) in [6, 6.07) is 7.74. The first-order valence-corrected chi connectivity index (χ1v) is 8.24. The van der Waals surface area contributed by atoms with Crippen LogP contribution >= 0.6 is 11.6 Å². The molecule has 1 aliphatic heterocycles. The van der Waals surface area contributed by atoms with Crippen LogP contribution in [0, 0.1) is 0 Å². The van der Waals surface area contributed by atoms with E-state index in [2.05, 4.69) is 19.9 Å². The Balaban J connectivity index is 1.50. The van der Waals surface area contributed by atoms with Gasteiger partial charge in [-0.3, -0.25) is 9.88 Å². The van der Waals surface area contributed by atoms with Crippen molar-refractivity contribution in [1.29, 1.82) is 0 Å². The zero-order valence-corrected chi connectivity index (χ0v) is 13.8. The largest absolute Gasteiger partial charge is 0.294 e. The number of halogens is 1. The van der Waals surface area contributed by atoms with E-state index in [4.69, 9.17) is 16.6 Å². The second kappa shape index (κ2) is 6.63. The van der Waals surface area contributed by atoms with E-state index in [0.717, 1.165) is 48.7 Å². The molecular formula is C18H16ClN5. The molecule has 0 spiro atoms. The van der Waals surface area contributed by atoms with Gasteiger partial charge in [0.1, 0.15) is 5.15 Å². The summed E-state index contributed by atoms with van der Waals surface area (Å²) < 4.78 is 0. The molecule has 0 N–H and O–H groups in total. The second-order valence-corrected chi connectivity index (χ2v) is 6.24. The Hall–Kier alpha value is -2.37. The maximum absolute atomic E-state index is 5.84. The molecule has 0 amide bonds. The Morgan fingerprint density at radius 1 is 1.08 bits per heavy atom. The number of nitrogens with zero attached hydrogens (tertiary/aromatic N) is 5. The lowest BCUT2D eigenvalue weighted by Gasteiger charge is -2.28. The van der Waals surface area contributed by atoms with Crippen LogP contribution in [-0.2, 0) is 19.5 Å². The van der Waals surface area contributed by atoms with E-state index >= 15 is 0 Å². The monoisotopic (exact) mass is 337 g/mol. The summed E-state index contributed by atoms with van der Waals surface area (Å²) in [5.74, 6) is 0.747.